The Bertz CT molecular complexity index is 801. The third-order valence-corrected chi connectivity index (χ3v) is 4.67. The summed E-state index contributed by atoms with van der Waals surface area (Å²) >= 11 is 0. The summed E-state index contributed by atoms with van der Waals surface area (Å²) in [6, 6.07) is 9.84. The predicted octanol–water partition coefficient (Wildman–Crippen LogP) is 2.32. The second kappa shape index (κ2) is 8.52. The average Bonchev–Trinajstić information content (AvgIpc) is 3.28. The number of guanidine groups is 1. The van der Waals surface area contributed by atoms with E-state index in [1.54, 1.807) is 0 Å². The summed E-state index contributed by atoms with van der Waals surface area (Å²) in [6.07, 6.45) is 6.30. The van der Waals surface area contributed by atoms with E-state index in [4.69, 9.17) is 10.3 Å². The Labute approximate surface area is 155 Å². The number of rotatable bonds is 5. The Balaban J connectivity index is 1.63. The standard InChI is InChI=1S/C20H26N6/c1-3-22-20(23-12-17-6-4-5-16(9-17)11-21)26-8-7-18(15-26)10-19-13-24-25(2)14-19/h4-6,9,13-14,18H,3,7-8,10,12,15H2,1-2H3,(H,22,23). The molecule has 1 unspecified atom stereocenters. The molecule has 136 valence electrons. The third kappa shape index (κ3) is 4.63. The third-order valence-electron chi connectivity index (χ3n) is 4.67. The first kappa shape index (κ1) is 18.0. The number of nitrogens with one attached hydrogen (secondary N) is 1. The van der Waals surface area contributed by atoms with Crippen LogP contribution in [0.4, 0.5) is 0 Å². The van der Waals surface area contributed by atoms with Crippen molar-refractivity contribution >= 4 is 5.96 Å². The van der Waals surface area contributed by atoms with E-state index in [-0.39, 0.29) is 0 Å². The highest BCUT2D eigenvalue weighted by Gasteiger charge is 2.25. The van der Waals surface area contributed by atoms with Gasteiger partial charge in [0.05, 0.1) is 24.4 Å². The molecule has 1 N–H and O–H groups in total. The van der Waals surface area contributed by atoms with Crippen molar-refractivity contribution in [2.45, 2.75) is 26.3 Å². The van der Waals surface area contributed by atoms with Gasteiger partial charge in [-0.1, -0.05) is 12.1 Å². The summed E-state index contributed by atoms with van der Waals surface area (Å²) in [7, 11) is 1.96. The monoisotopic (exact) mass is 350 g/mol. The largest absolute Gasteiger partial charge is 0.357 e. The van der Waals surface area contributed by atoms with Crippen molar-refractivity contribution < 1.29 is 0 Å². The van der Waals surface area contributed by atoms with Crippen molar-refractivity contribution in [1.29, 1.82) is 5.26 Å². The smallest absolute Gasteiger partial charge is 0.194 e. The number of aliphatic imine (C=N–C) groups is 1. The molecule has 0 aliphatic carbocycles. The summed E-state index contributed by atoms with van der Waals surface area (Å²) in [5, 5.41) is 16.7. The molecular weight excluding hydrogens is 324 g/mol. The topological polar surface area (TPSA) is 69.2 Å². The Morgan fingerprint density at radius 2 is 2.31 bits per heavy atom. The van der Waals surface area contributed by atoms with E-state index in [1.807, 2.05) is 42.2 Å². The fourth-order valence-corrected chi connectivity index (χ4v) is 3.43. The minimum absolute atomic E-state index is 0.585. The van der Waals surface area contributed by atoms with Gasteiger partial charge >= 0.3 is 0 Å². The molecule has 2 heterocycles. The van der Waals surface area contributed by atoms with Crippen molar-refractivity contribution in [3.05, 3.63) is 53.3 Å². The van der Waals surface area contributed by atoms with Crippen LogP contribution in [0.5, 0.6) is 0 Å². The lowest BCUT2D eigenvalue weighted by molar-refractivity contribution is 0.460. The fourth-order valence-electron chi connectivity index (χ4n) is 3.43. The van der Waals surface area contributed by atoms with Gasteiger partial charge in [0.15, 0.2) is 5.96 Å². The van der Waals surface area contributed by atoms with Gasteiger partial charge in [-0.15, -0.1) is 0 Å². The maximum Gasteiger partial charge on any atom is 0.194 e. The minimum atomic E-state index is 0.585. The number of aromatic nitrogens is 2. The van der Waals surface area contributed by atoms with Gasteiger partial charge in [-0.25, -0.2) is 4.99 Å². The SMILES string of the molecule is CCNC(=NCc1cccc(C#N)c1)N1CCC(Cc2cnn(C)c2)C1. The van der Waals surface area contributed by atoms with Gasteiger partial charge in [-0.3, -0.25) is 4.68 Å². The molecule has 3 rings (SSSR count). The van der Waals surface area contributed by atoms with Gasteiger partial charge < -0.3 is 10.2 Å². The summed E-state index contributed by atoms with van der Waals surface area (Å²) in [5.41, 5.74) is 3.04. The molecule has 26 heavy (non-hydrogen) atoms. The van der Waals surface area contributed by atoms with Gasteiger partial charge in [-0.2, -0.15) is 10.4 Å². The molecule has 1 saturated heterocycles. The van der Waals surface area contributed by atoms with Crippen molar-refractivity contribution in [3.8, 4) is 6.07 Å². The van der Waals surface area contributed by atoms with Crippen LogP contribution < -0.4 is 5.32 Å². The molecule has 1 atom stereocenters. The Morgan fingerprint density at radius 1 is 1.42 bits per heavy atom. The van der Waals surface area contributed by atoms with Crippen LogP contribution in [-0.2, 0) is 20.0 Å². The number of hydrogen-bond donors (Lipinski definition) is 1. The zero-order valence-corrected chi connectivity index (χ0v) is 15.5. The van der Waals surface area contributed by atoms with Gasteiger partial charge in [0.1, 0.15) is 0 Å². The molecule has 0 spiro atoms. The lowest BCUT2D eigenvalue weighted by Crippen LogP contribution is -2.40. The van der Waals surface area contributed by atoms with Crippen molar-refractivity contribution in [2.75, 3.05) is 19.6 Å². The Morgan fingerprint density at radius 3 is 3.04 bits per heavy atom. The van der Waals surface area contributed by atoms with Gasteiger partial charge in [-0.05, 0) is 48.9 Å². The Hall–Kier alpha value is -2.81. The molecular formula is C20H26N6. The van der Waals surface area contributed by atoms with E-state index >= 15 is 0 Å². The zero-order valence-electron chi connectivity index (χ0n) is 15.5. The second-order valence-electron chi connectivity index (χ2n) is 6.81. The fraction of sp³-hybridized carbons (Fsp3) is 0.450. The lowest BCUT2D eigenvalue weighted by Gasteiger charge is -2.21. The van der Waals surface area contributed by atoms with Crippen LogP contribution in [0, 0.1) is 17.2 Å². The predicted molar refractivity (Wildman–Crippen MR) is 103 cm³/mol. The van der Waals surface area contributed by atoms with Crippen molar-refractivity contribution in [3.63, 3.8) is 0 Å². The van der Waals surface area contributed by atoms with Crippen LogP contribution >= 0.6 is 0 Å². The van der Waals surface area contributed by atoms with Crippen LogP contribution in [0.25, 0.3) is 0 Å². The molecule has 0 amide bonds. The molecule has 1 aromatic heterocycles. The van der Waals surface area contributed by atoms with E-state index in [9.17, 15) is 0 Å². The highest BCUT2D eigenvalue weighted by Crippen LogP contribution is 2.21. The summed E-state index contributed by atoms with van der Waals surface area (Å²) < 4.78 is 1.86. The van der Waals surface area contributed by atoms with E-state index in [1.165, 1.54) is 12.0 Å². The number of hydrogen-bond acceptors (Lipinski definition) is 3. The quantitative estimate of drug-likeness (QED) is 0.664. The van der Waals surface area contributed by atoms with Gasteiger partial charge in [0, 0.05) is 32.9 Å². The van der Waals surface area contributed by atoms with Gasteiger partial charge in [0.2, 0.25) is 0 Å². The van der Waals surface area contributed by atoms with Crippen molar-refractivity contribution in [2.24, 2.45) is 18.0 Å². The number of nitriles is 1. The molecule has 2 aromatic rings. The molecule has 6 nitrogen and oxygen atoms in total. The normalized spacial score (nSPS) is 17.3. The second-order valence-corrected chi connectivity index (χ2v) is 6.81. The first-order chi connectivity index (χ1) is 12.7. The summed E-state index contributed by atoms with van der Waals surface area (Å²) in [5.74, 6) is 1.59. The first-order valence-corrected chi connectivity index (χ1v) is 9.17. The number of aryl methyl sites for hydroxylation is 1. The van der Waals surface area contributed by atoms with E-state index in [2.05, 4.69) is 34.5 Å². The number of nitrogens with zero attached hydrogens (tertiary/aromatic N) is 5. The van der Waals surface area contributed by atoms with Crippen LogP contribution in [-0.4, -0.2) is 40.3 Å². The van der Waals surface area contributed by atoms with Crippen molar-refractivity contribution in [1.82, 2.24) is 20.0 Å². The molecule has 6 heteroatoms. The molecule has 1 aromatic carbocycles. The zero-order chi connectivity index (χ0) is 18.4. The van der Waals surface area contributed by atoms with Crippen LogP contribution in [0.1, 0.15) is 30.0 Å². The average molecular weight is 350 g/mol. The highest BCUT2D eigenvalue weighted by molar-refractivity contribution is 5.80. The van der Waals surface area contributed by atoms with Crippen LogP contribution in [0.3, 0.4) is 0 Å². The van der Waals surface area contributed by atoms with Crippen LogP contribution in [0.15, 0.2) is 41.7 Å². The molecule has 0 bridgehead atoms. The minimum Gasteiger partial charge on any atom is -0.357 e. The first-order valence-electron chi connectivity index (χ1n) is 9.17. The maximum absolute atomic E-state index is 9.04. The molecule has 1 aliphatic heterocycles. The van der Waals surface area contributed by atoms with Gasteiger partial charge in [0.25, 0.3) is 0 Å². The molecule has 0 radical (unpaired) electrons. The van der Waals surface area contributed by atoms with E-state index < -0.39 is 0 Å². The number of benzene rings is 1. The van der Waals surface area contributed by atoms with E-state index in [0.29, 0.717) is 18.0 Å². The summed E-state index contributed by atoms with van der Waals surface area (Å²) in [6.45, 7) is 5.56. The molecule has 1 fully saturated rings. The lowest BCUT2D eigenvalue weighted by atomic mass is 10.0. The maximum atomic E-state index is 9.04. The highest BCUT2D eigenvalue weighted by atomic mass is 15.3. The molecule has 0 saturated carbocycles. The summed E-state index contributed by atoms with van der Waals surface area (Å²) in [4.78, 5) is 7.14. The molecule has 1 aliphatic rings. The number of likely N-dealkylation sites (tertiary alicyclic amines) is 1. The van der Waals surface area contributed by atoms with Crippen LogP contribution in [0.2, 0.25) is 0 Å². The van der Waals surface area contributed by atoms with E-state index in [0.717, 1.165) is 37.6 Å². The Kier molecular flexibility index (Phi) is 5.90.